The molecule has 0 aliphatic rings. The number of hydrogen-bond donors (Lipinski definition) is 1. The van der Waals surface area contributed by atoms with Crippen LogP contribution in [0.3, 0.4) is 0 Å². The van der Waals surface area contributed by atoms with E-state index < -0.39 is 0 Å². The number of carbonyl (C=O) groups excluding carboxylic acids is 2. The molecule has 0 unspecified atom stereocenters. The van der Waals surface area contributed by atoms with Gasteiger partial charge in [-0.2, -0.15) is 0 Å². The molecule has 2 aromatic carbocycles. The molecule has 0 saturated heterocycles. The van der Waals surface area contributed by atoms with Crippen molar-refractivity contribution in [1.82, 2.24) is 9.55 Å². The molecule has 3 rings (SSSR count). The highest BCUT2D eigenvalue weighted by atomic mass is 32.2. The Labute approximate surface area is 161 Å². The number of hydrogen-bond acceptors (Lipinski definition) is 5. The minimum absolute atomic E-state index is 0.0834. The third-order valence-corrected chi connectivity index (χ3v) is 5.03. The molecular formula is C20H21N3O3S. The number of rotatable bonds is 8. The molecule has 0 aliphatic carbocycles. The maximum atomic E-state index is 12.4. The van der Waals surface area contributed by atoms with E-state index in [0.29, 0.717) is 24.4 Å². The Morgan fingerprint density at radius 3 is 2.67 bits per heavy atom. The molecule has 0 radical (unpaired) electrons. The Bertz CT molecular complexity index is 968. The Morgan fingerprint density at radius 1 is 1.15 bits per heavy atom. The maximum absolute atomic E-state index is 12.4. The fourth-order valence-electron chi connectivity index (χ4n) is 2.78. The van der Waals surface area contributed by atoms with Gasteiger partial charge in [0.15, 0.2) is 10.9 Å². The van der Waals surface area contributed by atoms with Crippen molar-refractivity contribution in [2.45, 2.75) is 18.6 Å². The van der Waals surface area contributed by atoms with Crippen LogP contribution >= 0.6 is 11.8 Å². The molecule has 0 fully saturated rings. The summed E-state index contributed by atoms with van der Waals surface area (Å²) in [5.41, 5.74) is 2.93. The molecule has 1 heterocycles. The van der Waals surface area contributed by atoms with E-state index in [2.05, 4.69) is 14.9 Å². The van der Waals surface area contributed by atoms with E-state index in [1.54, 1.807) is 31.4 Å². The van der Waals surface area contributed by atoms with Crippen LogP contribution < -0.4 is 5.32 Å². The van der Waals surface area contributed by atoms with Crippen LogP contribution in [0.4, 0.5) is 5.69 Å². The summed E-state index contributed by atoms with van der Waals surface area (Å²) in [6.45, 7) is 2.71. The van der Waals surface area contributed by atoms with Crippen molar-refractivity contribution in [3.63, 3.8) is 0 Å². The Kier molecular flexibility index (Phi) is 6.26. The van der Waals surface area contributed by atoms with Crippen molar-refractivity contribution in [3.8, 4) is 0 Å². The smallest absolute Gasteiger partial charge is 0.234 e. The van der Waals surface area contributed by atoms with Crippen LogP contribution in [0.2, 0.25) is 0 Å². The van der Waals surface area contributed by atoms with Gasteiger partial charge >= 0.3 is 0 Å². The number of anilines is 1. The number of ketones is 1. The van der Waals surface area contributed by atoms with Crippen molar-refractivity contribution in [1.29, 1.82) is 0 Å². The van der Waals surface area contributed by atoms with E-state index in [0.717, 1.165) is 16.2 Å². The van der Waals surface area contributed by atoms with Gasteiger partial charge in [-0.05, 0) is 31.2 Å². The lowest BCUT2D eigenvalue weighted by Crippen LogP contribution is -2.16. The van der Waals surface area contributed by atoms with Crippen molar-refractivity contribution in [3.05, 3.63) is 54.1 Å². The summed E-state index contributed by atoms with van der Waals surface area (Å²) in [5.74, 6) is -0.0679. The summed E-state index contributed by atoms with van der Waals surface area (Å²) >= 11 is 1.36. The molecule has 0 saturated carbocycles. The Hall–Kier alpha value is -2.64. The van der Waals surface area contributed by atoms with Crippen LogP contribution in [0, 0.1) is 0 Å². The number of Topliss-reactive ketones (excluding diaryl/α,β-unsaturated/α-hetero) is 1. The zero-order valence-corrected chi connectivity index (χ0v) is 16.1. The topological polar surface area (TPSA) is 73.2 Å². The lowest BCUT2D eigenvalue weighted by atomic mass is 10.1. The van der Waals surface area contributed by atoms with Crippen molar-refractivity contribution in [2.24, 2.45) is 0 Å². The maximum Gasteiger partial charge on any atom is 0.234 e. The summed E-state index contributed by atoms with van der Waals surface area (Å²) in [4.78, 5) is 28.7. The van der Waals surface area contributed by atoms with Gasteiger partial charge in [0.2, 0.25) is 5.91 Å². The first kappa shape index (κ1) is 19.1. The summed E-state index contributed by atoms with van der Waals surface area (Å²) in [6, 6.07) is 14.9. The first-order chi connectivity index (χ1) is 13.1. The number of nitrogens with zero attached hydrogens (tertiary/aromatic N) is 2. The van der Waals surface area contributed by atoms with Gasteiger partial charge in [-0.15, -0.1) is 0 Å². The average Bonchev–Trinajstić information content (AvgIpc) is 3.02. The third kappa shape index (κ3) is 4.56. The molecule has 3 aromatic rings. The molecular weight excluding hydrogens is 362 g/mol. The number of imidazole rings is 1. The molecule has 0 atom stereocenters. The van der Waals surface area contributed by atoms with Gasteiger partial charge in [-0.1, -0.05) is 36.0 Å². The van der Waals surface area contributed by atoms with Crippen LogP contribution in [-0.4, -0.2) is 40.7 Å². The van der Waals surface area contributed by atoms with Crippen molar-refractivity contribution >= 4 is 40.2 Å². The summed E-state index contributed by atoms with van der Waals surface area (Å²) in [7, 11) is 1.66. The van der Waals surface area contributed by atoms with Gasteiger partial charge in [0.1, 0.15) is 0 Å². The SMILES string of the molecule is COCCn1c(SCC(=O)Nc2ccccc2C(C)=O)nc2ccccc21. The van der Waals surface area contributed by atoms with Crippen LogP contribution in [0.25, 0.3) is 11.0 Å². The second kappa shape index (κ2) is 8.83. The first-order valence-corrected chi connectivity index (χ1v) is 9.55. The molecule has 0 spiro atoms. The van der Waals surface area contributed by atoms with Gasteiger partial charge in [-0.25, -0.2) is 4.98 Å². The lowest BCUT2D eigenvalue weighted by molar-refractivity contribution is -0.113. The van der Waals surface area contributed by atoms with Crippen LogP contribution in [-0.2, 0) is 16.1 Å². The van der Waals surface area contributed by atoms with E-state index in [1.807, 2.05) is 24.3 Å². The average molecular weight is 383 g/mol. The lowest BCUT2D eigenvalue weighted by Gasteiger charge is -2.10. The number of aromatic nitrogens is 2. The highest BCUT2D eigenvalue weighted by Crippen LogP contribution is 2.24. The number of methoxy groups -OCH3 is 1. The fraction of sp³-hybridized carbons (Fsp3) is 0.250. The normalized spacial score (nSPS) is 10.9. The monoisotopic (exact) mass is 383 g/mol. The van der Waals surface area contributed by atoms with Gasteiger partial charge in [0.05, 0.1) is 29.1 Å². The summed E-state index contributed by atoms with van der Waals surface area (Å²) in [5, 5.41) is 3.58. The van der Waals surface area contributed by atoms with E-state index in [4.69, 9.17) is 4.74 Å². The molecule has 1 N–H and O–H groups in total. The predicted octanol–water partition coefficient (Wildman–Crippen LogP) is 3.62. The quantitative estimate of drug-likeness (QED) is 0.475. The van der Waals surface area contributed by atoms with E-state index in [-0.39, 0.29) is 17.4 Å². The van der Waals surface area contributed by atoms with Gasteiger partial charge < -0.3 is 14.6 Å². The number of carbonyl (C=O) groups is 2. The molecule has 1 aromatic heterocycles. The van der Waals surface area contributed by atoms with Gasteiger partial charge in [0.25, 0.3) is 0 Å². The van der Waals surface area contributed by atoms with Crippen molar-refractivity contribution in [2.75, 3.05) is 24.8 Å². The number of nitrogens with one attached hydrogen (secondary N) is 1. The molecule has 7 heteroatoms. The second-order valence-corrected chi connectivity index (χ2v) is 6.91. The number of amides is 1. The molecule has 0 bridgehead atoms. The standard InChI is InChI=1S/C20H21N3O3S/c1-14(24)15-7-3-4-8-16(15)21-19(25)13-27-20-22-17-9-5-6-10-18(17)23(20)11-12-26-2/h3-10H,11-13H2,1-2H3,(H,21,25). The Balaban J connectivity index is 1.73. The minimum Gasteiger partial charge on any atom is -0.383 e. The number of thioether (sulfide) groups is 1. The molecule has 140 valence electrons. The number of fused-ring (bicyclic) bond motifs is 1. The fourth-order valence-corrected chi connectivity index (χ4v) is 3.62. The number of benzene rings is 2. The molecule has 6 nitrogen and oxygen atoms in total. The molecule has 27 heavy (non-hydrogen) atoms. The van der Waals surface area contributed by atoms with Crippen molar-refractivity contribution < 1.29 is 14.3 Å². The molecule has 1 amide bonds. The highest BCUT2D eigenvalue weighted by molar-refractivity contribution is 7.99. The van der Waals surface area contributed by atoms with E-state index in [1.165, 1.54) is 18.7 Å². The number of ether oxygens (including phenoxy) is 1. The summed E-state index contributed by atoms with van der Waals surface area (Å²) in [6.07, 6.45) is 0. The predicted molar refractivity (Wildman–Crippen MR) is 107 cm³/mol. The zero-order chi connectivity index (χ0) is 19.2. The van der Waals surface area contributed by atoms with Crippen LogP contribution in [0.1, 0.15) is 17.3 Å². The molecule has 0 aliphatic heterocycles. The third-order valence-electron chi connectivity index (χ3n) is 4.05. The van der Waals surface area contributed by atoms with E-state index in [9.17, 15) is 9.59 Å². The Morgan fingerprint density at radius 2 is 1.89 bits per heavy atom. The second-order valence-electron chi connectivity index (χ2n) is 5.97. The van der Waals surface area contributed by atoms with Crippen LogP contribution in [0.5, 0.6) is 0 Å². The van der Waals surface area contributed by atoms with Crippen LogP contribution in [0.15, 0.2) is 53.7 Å². The highest BCUT2D eigenvalue weighted by Gasteiger charge is 2.14. The first-order valence-electron chi connectivity index (χ1n) is 8.57. The number of para-hydroxylation sites is 3. The summed E-state index contributed by atoms with van der Waals surface area (Å²) < 4.78 is 7.25. The minimum atomic E-state index is -0.181. The zero-order valence-electron chi connectivity index (χ0n) is 15.3. The van der Waals surface area contributed by atoms with E-state index >= 15 is 0 Å². The largest absolute Gasteiger partial charge is 0.383 e. The van der Waals surface area contributed by atoms with Gasteiger partial charge in [0, 0.05) is 19.2 Å². The van der Waals surface area contributed by atoms with Gasteiger partial charge in [-0.3, -0.25) is 9.59 Å².